The van der Waals surface area contributed by atoms with E-state index in [1.165, 1.54) is 5.56 Å². The molecule has 0 unspecified atom stereocenters. The molecule has 0 aliphatic heterocycles. The minimum atomic E-state index is -0.851. The molecule has 0 bridgehead atoms. The van der Waals surface area contributed by atoms with Crippen molar-refractivity contribution in [2.75, 3.05) is 11.1 Å². The summed E-state index contributed by atoms with van der Waals surface area (Å²) >= 11 is 0. The number of nitrogen functional groups attached to an aromatic ring is 1. The maximum absolute atomic E-state index is 13.6. The van der Waals surface area contributed by atoms with E-state index in [1.54, 1.807) is 6.07 Å². The van der Waals surface area contributed by atoms with Crippen molar-refractivity contribution in [2.45, 2.75) is 19.3 Å². The molecule has 2 aromatic carbocycles. The Bertz CT molecular complexity index is 728. The monoisotopic (exact) mass is 288 g/mol. The SMILES string of the molecule is Nc1cc(NC(=O)c2ccc3c(c2)CCC3)c(F)cc1F. The van der Waals surface area contributed by atoms with E-state index in [4.69, 9.17) is 5.73 Å². The maximum Gasteiger partial charge on any atom is 0.255 e. The van der Waals surface area contributed by atoms with Crippen molar-refractivity contribution in [3.8, 4) is 0 Å². The predicted octanol–water partition coefficient (Wildman–Crippen LogP) is 3.29. The number of benzene rings is 2. The van der Waals surface area contributed by atoms with Gasteiger partial charge in [0, 0.05) is 11.6 Å². The van der Waals surface area contributed by atoms with E-state index < -0.39 is 17.5 Å². The number of nitrogens with two attached hydrogens (primary N) is 1. The highest BCUT2D eigenvalue weighted by Crippen LogP contribution is 2.25. The lowest BCUT2D eigenvalue weighted by Crippen LogP contribution is -2.14. The molecule has 3 N–H and O–H groups in total. The highest BCUT2D eigenvalue weighted by atomic mass is 19.1. The molecule has 21 heavy (non-hydrogen) atoms. The van der Waals surface area contributed by atoms with Crippen molar-refractivity contribution in [3.63, 3.8) is 0 Å². The van der Waals surface area contributed by atoms with Crippen LogP contribution in [0.15, 0.2) is 30.3 Å². The van der Waals surface area contributed by atoms with E-state index in [-0.39, 0.29) is 11.4 Å². The van der Waals surface area contributed by atoms with Gasteiger partial charge in [-0.25, -0.2) is 8.78 Å². The number of anilines is 2. The fraction of sp³-hybridized carbons (Fsp3) is 0.188. The van der Waals surface area contributed by atoms with E-state index in [2.05, 4.69) is 5.32 Å². The molecule has 0 fully saturated rings. The fourth-order valence-electron chi connectivity index (χ4n) is 2.57. The molecule has 0 saturated heterocycles. The molecule has 0 saturated carbocycles. The molecule has 1 amide bonds. The van der Waals surface area contributed by atoms with Crippen molar-refractivity contribution in [1.82, 2.24) is 0 Å². The van der Waals surface area contributed by atoms with Gasteiger partial charge in [-0.3, -0.25) is 4.79 Å². The zero-order valence-electron chi connectivity index (χ0n) is 11.2. The first kappa shape index (κ1) is 13.5. The minimum Gasteiger partial charge on any atom is -0.396 e. The van der Waals surface area contributed by atoms with Crippen LogP contribution in [0.3, 0.4) is 0 Å². The van der Waals surface area contributed by atoms with Crippen LogP contribution in [-0.2, 0) is 12.8 Å². The van der Waals surface area contributed by atoms with Crippen LogP contribution in [0.1, 0.15) is 27.9 Å². The number of amides is 1. The third kappa shape index (κ3) is 2.59. The van der Waals surface area contributed by atoms with Gasteiger partial charge in [0.25, 0.3) is 5.91 Å². The summed E-state index contributed by atoms with van der Waals surface area (Å²) in [5, 5.41) is 2.43. The normalized spacial score (nSPS) is 13.0. The Morgan fingerprint density at radius 2 is 1.81 bits per heavy atom. The van der Waals surface area contributed by atoms with Crippen LogP contribution < -0.4 is 11.1 Å². The van der Waals surface area contributed by atoms with Crippen molar-refractivity contribution in [1.29, 1.82) is 0 Å². The number of fused-ring (bicyclic) bond motifs is 1. The number of carbonyl (C=O) groups excluding carboxylic acids is 1. The molecule has 0 atom stereocenters. The number of aryl methyl sites for hydroxylation is 2. The molecule has 108 valence electrons. The van der Waals surface area contributed by atoms with E-state index in [9.17, 15) is 13.6 Å². The molecule has 5 heteroatoms. The van der Waals surface area contributed by atoms with Crippen molar-refractivity contribution in [3.05, 3.63) is 58.7 Å². The standard InChI is InChI=1S/C16H14F2N2O/c17-12-7-13(18)15(8-14(12)19)20-16(21)11-5-4-9-2-1-3-10(9)6-11/h4-8H,1-3,19H2,(H,20,21). The maximum atomic E-state index is 13.6. The van der Waals surface area contributed by atoms with Crippen molar-refractivity contribution in [2.24, 2.45) is 0 Å². The second kappa shape index (κ2) is 5.16. The summed E-state index contributed by atoms with van der Waals surface area (Å²) in [7, 11) is 0. The van der Waals surface area contributed by atoms with Gasteiger partial charge in [0.2, 0.25) is 0 Å². The summed E-state index contributed by atoms with van der Waals surface area (Å²) in [6, 6.07) is 7.20. The van der Waals surface area contributed by atoms with Crippen molar-refractivity contribution < 1.29 is 13.6 Å². The number of carbonyl (C=O) groups is 1. The average Bonchev–Trinajstić information content (AvgIpc) is 2.92. The summed E-state index contributed by atoms with van der Waals surface area (Å²) in [4.78, 5) is 12.2. The molecule has 1 aliphatic rings. The van der Waals surface area contributed by atoms with E-state index in [0.717, 1.165) is 30.9 Å². The molecule has 2 aromatic rings. The van der Waals surface area contributed by atoms with Gasteiger partial charge in [-0.15, -0.1) is 0 Å². The Labute approximate surface area is 120 Å². The summed E-state index contributed by atoms with van der Waals surface area (Å²) in [6.45, 7) is 0. The van der Waals surface area contributed by atoms with Gasteiger partial charge in [-0.2, -0.15) is 0 Å². The minimum absolute atomic E-state index is 0.126. The quantitative estimate of drug-likeness (QED) is 0.833. The molecule has 0 heterocycles. The van der Waals surface area contributed by atoms with E-state index in [0.29, 0.717) is 11.6 Å². The number of nitrogens with one attached hydrogen (secondary N) is 1. The number of rotatable bonds is 2. The lowest BCUT2D eigenvalue weighted by atomic mass is 10.1. The van der Waals surface area contributed by atoms with Crippen LogP contribution in [0.25, 0.3) is 0 Å². The Morgan fingerprint density at radius 1 is 1.05 bits per heavy atom. The number of hydrogen-bond acceptors (Lipinski definition) is 2. The molecule has 3 nitrogen and oxygen atoms in total. The van der Waals surface area contributed by atoms with Gasteiger partial charge in [0.1, 0.15) is 11.6 Å². The lowest BCUT2D eigenvalue weighted by Gasteiger charge is -2.09. The first-order valence-corrected chi connectivity index (χ1v) is 6.72. The second-order valence-electron chi connectivity index (χ2n) is 5.14. The van der Waals surface area contributed by atoms with Gasteiger partial charge in [-0.05, 0) is 48.6 Å². The first-order chi connectivity index (χ1) is 10.0. The summed E-state index contributed by atoms with van der Waals surface area (Å²) in [5.41, 5.74) is 7.92. The summed E-state index contributed by atoms with van der Waals surface area (Å²) in [5.74, 6) is -2.13. The molecule has 0 aromatic heterocycles. The lowest BCUT2D eigenvalue weighted by molar-refractivity contribution is 0.102. The highest BCUT2D eigenvalue weighted by molar-refractivity contribution is 6.04. The Morgan fingerprint density at radius 3 is 2.62 bits per heavy atom. The third-order valence-corrected chi connectivity index (χ3v) is 3.70. The van der Waals surface area contributed by atoms with Gasteiger partial charge in [-0.1, -0.05) is 6.07 Å². The molecule has 0 radical (unpaired) electrons. The van der Waals surface area contributed by atoms with Crippen LogP contribution in [-0.4, -0.2) is 5.91 Å². The fourth-order valence-corrected chi connectivity index (χ4v) is 2.57. The van der Waals surface area contributed by atoms with Gasteiger partial charge in [0.05, 0.1) is 11.4 Å². The topological polar surface area (TPSA) is 55.1 Å². The molecular weight excluding hydrogens is 274 g/mol. The Kier molecular flexibility index (Phi) is 3.33. The second-order valence-corrected chi connectivity index (χ2v) is 5.14. The van der Waals surface area contributed by atoms with Gasteiger partial charge >= 0.3 is 0 Å². The molecule has 0 spiro atoms. The van der Waals surface area contributed by atoms with Crippen molar-refractivity contribution >= 4 is 17.3 Å². The average molecular weight is 288 g/mol. The molecule has 3 rings (SSSR count). The van der Waals surface area contributed by atoms with Gasteiger partial charge in [0.15, 0.2) is 0 Å². The first-order valence-electron chi connectivity index (χ1n) is 6.72. The van der Waals surface area contributed by atoms with Crippen LogP contribution in [0.2, 0.25) is 0 Å². The largest absolute Gasteiger partial charge is 0.396 e. The predicted molar refractivity (Wildman–Crippen MR) is 77.2 cm³/mol. The van der Waals surface area contributed by atoms with E-state index in [1.807, 2.05) is 12.1 Å². The van der Waals surface area contributed by atoms with Crippen LogP contribution in [0, 0.1) is 11.6 Å². The van der Waals surface area contributed by atoms with E-state index >= 15 is 0 Å². The highest BCUT2D eigenvalue weighted by Gasteiger charge is 2.16. The van der Waals surface area contributed by atoms with Crippen LogP contribution in [0.5, 0.6) is 0 Å². The number of hydrogen-bond donors (Lipinski definition) is 2. The Hall–Kier alpha value is -2.43. The van der Waals surface area contributed by atoms with Crippen LogP contribution >= 0.6 is 0 Å². The van der Waals surface area contributed by atoms with Gasteiger partial charge < -0.3 is 11.1 Å². The number of halogens is 2. The van der Waals surface area contributed by atoms with Crippen LogP contribution in [0.4, 0.5) is 20.2 Å². The summed E-state index contributed by atoms with van der Waals surface area (Å²) in [6.07, 6.45) is 3.07. The summed E-state index contributed by atoms with van der Waals surface area (Å²) < 4.78 is 26.7. The smallest absolute Gasteiger partial charge is 0.255 e. The zero-order chi connectivity index (χ0) is 15.0. The zero-order valence-corrected chi connectivity index (χ0v) is 11.2. The Balaban J connectivity index is 1.85. The molecular formula is C16H14F2N2O. The third-order valence-electron chi connectivity index (χ3n) is 3.70. The molecule has 1 aliphatic carbocycles.